The van der Waals surface area contributed by atoms with Crippen molar-refractivity contribution < 1.29 is 14.7 Å². The third-order valence-corrected chi connectivity index (χ3v) is 3.47. The summed E-state index contributed by atoms with van der Waals surface area (Å²) in [6.45, 7) is 7.44. The van der Waals surface area contributed by atoms with Gasteiger partial charge in [-0.1, -0.05) is 20.3 Å². The number of nitrogens with one attached hydrogen (secondary N) is 2. The van der Waals surface area contributed by atoms with E-state index < -0.39 is 18.0 Å². The molecule has 0 saturated carbocycles. The number of aliphatic carboxylic acids is 1. The molecule has 0 bridgehead atoms. The molecular weight excluding hydrogens is 258 g/mol. The summed E-state index contributed by atoms with van der Waals surface area (Å²) in [6.07, 6.45) is 4.18. The quantitative estimate of drug-likeness (QED) is 0.658. The van der Waals surface area contributed by atoms with Crippen molar-refractivity contribution in [1.82, 2.24) is 15.5 Å². The summed E-state index contributed by atoms with van der Waals surface area (Å²) in [5.74, 6) is -0.755. The summed E-state index contributed by atoms with van der Waals surface area (Å²) < 4.78 is 0. The summed E-state index contributed by atoms with van der Waals surface area (Å²) in [7, 11) is 0. The minimum Gasteiger partial charge on any atom is -0.480 e. The lowest BCUT2D eigenvalue weighted by Gasteiger charge is -2.26. The molecule has 1 aliphatic heterocycles. The molecule has 0 radical (unpaired) electrons. The Morgan fingerprint density at radius 1 is 1.20 bits per heavy atom. The second-order valence-electron chi connectivity index (χ2n) is 5.82. The van der Waals surface area contributed by atoms with Crippen LogP contribution >= 0.6 is 0 Å². The van der Waals surface area contributed by atoms with Crippen molar-refractivity contribution in [2.75, 3.05) is 26.2 Å². The van der Waals surface area contributed by atoms with E-state index in [0.717, 1.165) is 19.6 Å². The van der Waals surface area contributed by atoms with E-state index in [2.05, 4.69) is 15.5 Å². The summed E-state index contributed by atoms with van der Waals surface area (Å²) >= 11 is 0. The Balaban J connectivity index is 2.21. The van der Waals surface area contributed by atoms with Crippen LogP contribution in [0.3, 0.4) is 0 Å². The number of hydrogen-bond acceptors (Lipinski definition) is 3. The monoisotopic (exact) mass is 285 g/mol. The van der Waals surface area contributed by atoms with E-state index in [1.165, 1.54) is 19.3 Å². The molecule has 0 aliphatic carbocycles. The highest BCUT2D eigenvalue weighted by molar-refractivity contribution is 5.82. The molecule has 0 aromatic heterocycles. The van der Waals surface area contributed by atoms with Crippen LogP contribution in [0.1, 0.15) is 39.5 Å². The second-order valence-corrected chi connectivity index (χ2v) is 5.82. The number of carbonyl (C=O) groups is 2. The maximum atomic E-state index is 11.7. The maximum absolute atomic E-state index is 11.7. The first-order valence-corrected chi connectivity index (χ1v) is 7.48. The van der Waals surface area contributed by atoms with Crippen LogP contribution in [-0.4, -0.2) is 54.2 Å². The van der Waals surface area contributed by atoms with Gasteiger partial charge in [-0.15, -0.1) is 0 Å². The molecule has 6 nitrogen and oxygen atoms in total. The normalized spacial score (nSPS) is 17.8. The van der Waals surface area contributed by atoms with E-state index in [1.807, 2.05) is 13.8 Å². The molecule has 0 aromatic carbocycles. The fourth-order valence-electron chi connectivity index (χ4n) is 2.41. The molecule has 1 heterocycles. The second kappa shape index (κ2) is 8.79. The lowest BCUT2D eigenvalue weighted by molar-refractivity contribution is -0.139. The maximum Gasteiger partial charge on any atom is 0.326 e. The predicted octanol–water partition coefficient (Wildman–Crippen LogP) is 1.27. The van der Waals surface area contributed by atoms with Crippen molar-refractivity contribution in [2.45, 2.75) is 45.6 Å². The van der Waals surface area contributed by atoms with Crippen LogP contribution in [0.2, 0.25) is 0 Å². The summed E-state index contributed by atoms with van der Waals surface area (Å²) in [5.41, 5.74) is 0. The number of amides is 2. The van der Waals surface area contributed by atoms with Crippen molar-refractivity contribution in [1.29, 1.82) is 0 Å². The number of likely N-dealkylation sites (tertiary alicyclic amines) is 1. The Kier molecular flexibility index (Phi) is 7.36. The van der Waals surface area contributed by atoms with Gasteiger partial charge in [0, 0.05) is 13.1 Å². The van der Waals surface area contributed by atoms with Crippen molar-refractivity contribution in [3.05, 3.63) is 0 Å². The van der Waals surface area contributed by atoms with Gasteiger partial charge < -0.3 is 20.6 Å². The van der Waals surface area contributed by atoms with Gasteiger partial charge in [0.1, 0.15) is 6.04 Å². The summed E-state index contributed by atoms with van der Waals surface area (Å²) in [6, 6.07) is -1.21. The fraction of sp³-hybridized carbons (Fsp3) is 0.857. The van der Waals surface area contributed by atoms with Gasteiger partial charge in [-0.2, -0.15) is 0 Å². The van der Waals surface area contributed by atoms with Gasteiger partial charge in [-0.3, -0.25) is 0 Å². The van der Waals surface area contributed by atoms with Gasteiger partial charge in [-0.05, 0) is 38.3 Å². The molecule has 0 aromatic rings. The summed E-state index contributed by atoms with van der Waals surface area (Å²) in [4.78, 5) is 25.0. The zero-order valence-corrected chi connectivity index (χ0v) is 12.5. The third kappa shape index (κ3) is 6.75. The minimum absolute atomic E-state index is 0.227. The molecule has 20 heavy (non-hydrogen) atoms. The zero-order valence-electron chi connectivity index (χ0n) is 12.5. The van der Waals surface area contributed by atoms with Crippen molar-refractivity contribution in [2.24, 2.45) is 5.92 Å². The molecule has 1 saturated heterocycles. The van der Waals surface area contributed by atoms with Gasteiger partial charge >= 0.3 is 12.0 Å². The number of carbonyl (C=O) groups excluding carboxylic acids is 1. The predicted molar refractivity (Wildman–Crippen MR) is 77.7 cm³/mol. The number of nitrogens with zero attached hydrogens (tertiary/aromatic N) is 1. The van der Waals surface area contributed by atoms with Crippen LogP contribution in [0, 0.1) is 5.92 Å². The van der Waals surface area contributed by atoms with Gasteiger partial charge in [0.2, 0.25) is 0 Å². The topological polar surface area (TPSA) is 81.7 Å². The highest BCUT2D eigenvalue weighted by atomic mass is 16.4. The fourth-order valence-corrected chi connectivity index (χ4v) is 2.41. The minimum atomic E-state index is -0.982. The van der Waals surface area contributed by atoms with Gasteiger partial charge in [0.25, 0.3) is 0 Å². The number of rotatable bonds is 7. The van der Waals surface area contributed by atoms with Crippen LogP contribution in [0.4, 0.5) is 4.79 Å². The first-order valence-electron chi connectivity index (χ1n) is 7.48. The average molecular weight is 285 g/mol. The molecule has 2 amide bonds. The van der Waals surface area contributed by atoms with Crippen molar-refractivity contribution in [3.8, 4) is 0 Å². The van der Waals surface area contributed by atoms with Gasteiger partial charge in [0.15, 0.2) is 0 Å². The molecule has 1 aliphatic rings. The molecule has 1 fully saturated rings. The first-order chi connectivity index (χ1) is 9.49. The van der Waals surface area contributed by atoms with Gasteiger partial charge in [-0.25, -0.2) is 9.59 Å². The molecule has 3 N–H and O–H groups in total. The van der Waals surface area contributed by atoms with E-state index >= 15 is 0 Å². The number of hydrogen-bond donors (Lipinski definition) is 3. The molecule has 116 valence electrons. The Morgan fingerprint density at radius 3 is 2.40 bits per heavy atom. The van der Waals surface area contributed by atoms with E-state index in [1.54, 1.807) is 0 Å². The molecular formula is C14H27N3O3. The Morgan fingerprint density at radius 2 is 1.85 bits per heavy atom. The Labute approximate surface area is 120 Å². The average Bonchev–Trinajstić information content (AvgIpc) is 2.38. The molecule has 0 unspecified atom stereocenters. The first kappa shape index (κ1) is 16.8. The van der Waals surface area contributed by atoms with Crippen LogP contribution in [0.15, 0.2) is 0 Å². The van der Waals surface area contributed by atoms with Crippen LogP contribution in [0.5, 0.6) is 0 Å². The zero-order chi connectivity index (χ0) is 15.0. The standard InChI is InChI=1S/C14H27N3O3/c1-11(2)10-12(13(18)19)16-14(20)15-6-9-17-7-4-3-5-8-17/h11-12H,3-10H2,1-2H3,(H,18,19)(H2,15,16,20)/t12-/m0/s1. The largest absolute Gasteiger partial charge is 0.480 e. The molecule has 1 rings (SSSR count). The number of urea groups is 1. The number of carboxylic acid groups (broad SMARTS) is 1. The van der Waals surface area contributed by atoms with Crippen molar-refractivity contribution >= 4 is 12.0 Å². The van der Waals surface area contributed by atoms with Crippen LogP contribution in [0.25, 0.3) is 0 Å². The Hall–Kier alpha value is -1.30. The molecule has 6 heteroatoms. The lowest BCUT2D eigenvalue weighted by atomic mass is 10.0. The highest BCUT2D eigenvalue weighted by Crippen LogP contribution is 2.07. The van der Waals surface area contributed by atoms with Crippen LogP contribution in [-0.2, 0) is 4.79 Å². The van der Waals surface area contributed by atoms with E-state index in [-0.39, 0.29) is 5.92 Å². The Bertz CT molecular complexity index is 315. The number of piperidine rings is 1. The SMILES string of the molecule is CC(C)C[C@H](NC(=O)NCCN1CCCCC1)C(=O)O. The lowest BCUT2D eigenvalue weighted by Crippen LogP contribution is -2.48. The van der Waals surface area contributed by atoms with Crippen LogP contribution < -0.4 is 10.6 Å². The van der Waals surface area contributed by atoms with E-state index in [0.29, 0.717) is 13.0 Å². The third-order valence-electron chi connectivity index (χ3n) is 3.47. The van der Waals surface area contributed by atoms with E-state index in [4.69, 9.17) is 5.11 Å². The van der Waals surface area contributed by atoms with Gasteiger partial charge in [0.05, 0.1) is 0 Å². The highest BCUT2D eigenvalue weighted by Gasteiger charge is 2.20. The molecule has 0 spiro atoms. The van der Waals surface area contributed by atoms with Crippen molar-refractivity contribution in [3.63, 3.8) is 0 Å². The smallest absolute Gasteiger partial charge is 0.326 e. The van der Waals surface area contributed by atoms with E-state index in [9.17, 15) is 9.59 Å². The molecule has 1 atom stereocenters. The number of carboxylic acids is 1. The summed E-state index contributed by atoms with van der Waals surface area (Å²) in [5, 5.41) is 14.3.